The number of rotatable bonds is 8. The van der Waals surface area contributed by atoms with E-state index in [9.17, 15) is 19.5 Å². The number of carboxylic acids is 1. The van der Waals surface area contributed by atoms with Gasteiger partial charge in [-0.15, -0.1) is 0 Å². The highest BCUT2D eigenvalue weighted by Gasteiger charge is 2.40. The molecule has 194 valence electrons. The molecule has 4 rings (SSSR count). The van der Waals surface area contributed by atoms with Gasteiger partial charge in [0.1, 0.15) is 12.6 Å². The van der Waals surface area contributed by atoms with Crippen molar-refractivity contribution in [3.05, 3.63) is 101 Å². The second-order valence-corrected chi connectivity index (χ2v) is 9.11. The van der Waals surface area contributed by atoms with E-state index in [0.717, 1.165) is 17.5 Å². The maximum atomic E-state index is 14.0. The standard InChI is InChI=1S/C31H31N3O4/c1-2-26(31(37)38)33-21-28(35)34(29(23-13-7-3-8-14-23)24-15-9-4-10-16-24)27-18-17-22(12-6-5-11-19-32)20-25(27)30(33)36/h3-4,7-10,13-18,20,26,29H,2,5,11,19,21,32H2,1H3,(H,37,38). The van der Waals surface area contributed by atoms with Gasteiger partial charge in [-0.3, -0.25) is 14.5 Å². The second kappa shape index (κ2) is 12.2. The number of nitrogens with zero attached hydrogens (tertiary/aromatic N) is 2. The summed E-state index contributed by atoms with van der Waals surface area (Å²) in [5.74, 6) is 4.12. The van der Waals surface area contributed by atoms with Crippen LogP contribution in [-0.2, 0) is 9.59 Å². The summed E-state index contributed by atoms with van der Waals surface area (Å²) in [5.41, 5.74) is 8.59. The number of unbranched alkanes of at least 4 members (excludes halogenated alkanes) is 1. The third-order valence-corrected chi connectivity index (χ3v) is 6.60. The number of carbonyl (C=O) groups excluding carboxylic acids is 2. The van der Waals surface area contributed by atoms with Crippen LogP contribution in [0, 0.1) is 11.8 Å². The number of benzene rings is 3. The van der Waals surface area contributed by atoms with Crippen LogP contribution in [0.3, 0.4) is 0 Å². The predicted molar refractivity (Wildman–Crippen MR) is 147 cm³/mol. The lowest BCUT2D eigenvalue weighted by Crippen LogP contribution is -2.48. The number of aliphatic carboxylic acids is 1. The first-order chi connectivity index (χ1) is 18.5. The van der Waals surface area contributed by atoms with Crippen molar-refractivity contribution < 1.29 is 19.5 Å². The molecule has 0 bridgehead atoms. The molecule has 2 amide bonds. The Labute approximate surface area is 222 Å². The largest absolute Gasteiger partial charge is 0.480 e. The Balaban J connectivity index is 1.92. The molecule has 38 heavy (non-hydrogen) atoms. The van der Waals surface area contributed by atoms with Crippen LogP contribution in [0.2, 0.25) is 0 Å². The van der Waals surface area contributed by atoms with Gasteiger partial charge in [0, 0.05) is 12.0 Å². The first kappa shape index (κ1) is 26.6. The van der Waals surface area contributed by atoms with Crippen molar-refractivity contribution in [2.45, 2.75) is 38.3 Å². The molecular weight excluding hydrogens is 478 g/mol. The molecule has 0 saturated heterocycles. The minimum atomic E-state index is -1.15. The van der Waals surface area contributed by atoms with Gasteiger partial charge in [-0.2, -0.15) is 0 Å². The normalized spacial score (nSPS) is 14.0. The summed E-state index contributed by atoms with van der Waals surface area (Å²) in [6.07, 6.45) is 1.56. The number of hydrogen-bond acceptors (Lipinski definition) is 4. The molecule has 0 fully saturated rings. The van der Waals surface area contributed by atoms with E-state index in [2.05, 4.69) is 11.8 Å². The lowest BCUT2D eigenvalue weighted by atomic mass is 9.95. The van der Waals surface area contributed by atoms with Crippen molar-refractivity contribution in [3.63, 3.8) is 0 Å². The van der Waals surface area contributed by atoms with Gasteiger partial charge in [-0.1, -0.05) is 79.4 Å². The van der Waals surface area contributed by atoms with Crippen LogP contribution in [0.4, 0.5) is 5.69 Å². The minimum Gasteiger partial charge on any atom is -0.480 e. The Bertz CT molecular complexity index is 1320. The summed E-state index contributed by atoms with van der Waals surface area (Å²) in [4.78, 5) is 42.7. The van der Waals surface area contributed by atoms with E-state index in [1.165, 1.54) is 4.90 Å². The molecule has 3 aromatic carbocycles. The van der Waals surface area contributed by atoms with Crippen LogP contribution in [0.1, 0.15) is 59.3 Å². The third kappa shape index (κ3) is 5.61. The highest BCUT2D eigenvalue weighted by atomic mass is 16.4. The zero-order valence-electron chi connectivity index (χ0n) is 21.3. The molecule has 1 unspecified atom stereocenters. The summed E-state index contributed by atoms with van der Waals surface area (Å²) >= 11 is 0. The van der Waals surface area contributed by atoms with Gasteiger partial charge in [0.2, 0.25) is 5.91 Å². The fourth-order valence-electron chi connectivity index (χ4n) is 4.76. The van der Waals surface area contributed by atoms with E-state index in [-0.39, 0.29) is 24.4 Å². The Morgan fingerprint density at radius 1 is 1.00 bits per heavy atom. The van der Waals surface area contributed by atoms with Crippen molar-refractivity contribution in [3.8, 4) is 11.8 Å². The second-order valence-electron chi connectivity index (χ2n) is 9.11. The van der Waals surface area contributed by atoms with Crippen LogP contribution in [0.25, 0.3) is 0 Å². The lowest BCUT2D eigenvalue weighted by Gasteiger charge is -2.33. The Morgan fingerprint density at radius 2 is 1.63 bits per heavy atom. The van der Waals surface area contributed by atoms with E-state index in [1.54, 1.807) is 30.0 Å². The number of carboxylic acid groups (broad SMARTS) is 1. The predicted octanol–water partition coefficient (Wildman–Crippen LogP) is 4.22. The fraction of sp³-hybridized carbons (Fsp3) is 0.258. The maximum absolute atomic E-state index is 14.0. The number of nitrogens with two attached hydrogens (primary N) is 1. The van der Waals surface area contributed by atoms with E-state index in [4.69, 9.17) is 5.73 Å². The molecule has 0 spiro atoms. The molecule has 3 N–H and O–H groups in total. The smallest absolute Gasteiger partial charge is 0.326 e. The molecule has 7 nitrogen and oxygen atoms in total. The number of hydrogen-bond donors (Lipinski definition) is 2. The van der Waals surface area contributed by atoms with Gasteiger partial charge in [-0.25, -0.2) is 4.79 Å². The van der Waals surface area contributed by atoms with Gasteiger partial charge >= 0.3 is 5.97 Å². The molecule has 1 heterocycles. The number of carbonyl (C=O) groups is 3. The van der Waals surface area contributed by atoms with E-state index in [0.29, 0.717) is 24.2 Å². The SMILES string of the molecule is CCC(C(=O)O)N1CC(=O)N(C(c2ccccc2)c2ccccc2)c2ccc(C#CCCCN)cc2C1=O. The van der Waals surface area contributed by atoms with Crippen molar-refractivity contribution in [2.75, 3.05) is 18.0 Å². The van der Waals surface area contributed by atoms with E-state index in [1.807, 2.05) is 60.7 Å². The summed E-state index contributed by atoms with van der Waals surface area (Å²) in [7, 11) is 0. The minimum absolute atomic E-state index is 0.170. The van der Waals surface area contributed by atoms with Gasteiger partial charge in [0.05, 0.1) is 17.3 Å². The number of fused-ring (bicyclic) bond motifs is 1. The zero-order chi connectivity index (χ0) is 27.1. The highest BCUT2D eigenvalue weighted by Crippen LogP contribution is 2.38. The Morgan fingerprint density at radius 3 is 2.18 bits per heavy atom. The highest BCUT2D eigenvalue weighted by molar-refractivity contribution is 6.11. The van der Waals surface area contributed by atoms with Gasteiger partial charge in [0.15, 0.2) is 0 Å². The number of amides is 2. The van der Waals surface area contributed by atoms with E-state index >= 15 is 0 Å². The lowest BCUT2D eigenvalue weighted by molar-refractivity contribution is -0.142. The van der Waals surface area contributed by atoms with Crippen LogP contribution < -0.4 is 10.6 Å². The number of anilines is 1. The fourth-order valence-corrected chi connectivity index (χ4v) is 4.76. The third-order valence-electron chi connectivity index (χ3n) is 6.60. The Hall–Kier alpha value is -4.41. The molecule has 0 radical (unpaired) electrons. The zero-order valence-corrected chi connectivity index (χ0v) is 21.3. The van der Waals surface area contributed by atoms with Crippen LogP contribution in [0.15, 0.2) is 78.9 Å². The molecule has 1 atom stereocenters. The monoisotopic (exact) mass is 509 g/mol. The van der Waals surface area contributed by atoms with Gasteiger partial charge in [0.25, 0.3) is 5.91 Å². The quantitative estimate of drug-likeness (QED) is 0.350. The molecule has 1 aliphatic heterocycles. The molecule has 0 saturated carbocycles. The maximum Gasteiger partial charge on any atom is 0.326 e. The molecule has 0 aliphatic carbocycles. The van der Waals surface area contributed by atoms with Crippen molar-refractivity contribution in [2.24, 2.45) is 5.73 Å². The summed E-state index contributed by atoms with van der Waals surface area (Å²) in [6, 6.07) is 22.7. The van der Waals surface area contributed by atoms with Gasteiger partial charge in [-0.05, 0) is 48.7 Å². The molecule has 7 heteroatoms. The topological polar surface area (TPSA) is 104 Å². The summed E-state index contributed by atoms with van der Waals surface area (Å²) in [5, 5.41) is 9.87. The average Bonchev–Trinajstić information content (AvgIpc) is 3.03. The summed E-state index contributed by atoms with van der Waals surface area (Å²) < 4.78 is 0. The molecule has 1 aliphatic rings. The van der Waals surface area contributed by atoms with Crippen molar-refractivity contribution in [1.29, 1.82) is 0 Å². The van der Waals surface area contributed by atoms with Crippen molar-refractivity contribution in [1.82, 2.24) is 4.90 Å². The average molecular weight is 510 g/mol. The molecule has 0 aromatic heterocycles. The first-order valence-corrected chi connectivity index (χ1v) is 12.7. The van der Waals surface area contributed by atoms with Crippen LogP contribution in [0.5, 0.6) is 0 Å². The van der Waals surface area contributed by atoms with Crippen LogP contribution >= 0.6 is 0 Å². The molecule has 3 aromatic rings. The molecular formula is C31H31N3O4. The first-order valence-electron chi connectivity index (χ1n) is 12.7. The van der Waals surface area contributed by atoms with E-state index < -0.39 is 24.0 Å². The van der Waals surface area contributed by atoms with Gasteiger partial charge < -0.3 is 15.7 Å². The van der Waals surface area contributed by atoms with Crippen molar-refractivity contribution >= 4 is 23.5 Å². The Kier molecular flexibility index (Phi) is 8.57. The summed E-state index contributed by atoms with van der Waals surface area (Å²) in [6.45, 7) is 1.87. The van der Waals surface area contributed by atoms with Crippen LogP contribution in [-0.4, -0.2) is 46.9 Å².